The Morgan fingerprint density at radius 2 is 1.70 bits per heavy atom. The number of pyridine rings is 1. The predicted molar refractivity (Wildman–Crippen MR) is 93.1 cm³/mol. The van der Waals surface area contributed by atoms with E-state index in [1.54, 1.807) is 12.4 Å². The Kier molecular flexibility index (Phi) is 3.48. The molecule has 0 atom stereocenters. The van der Waals surface area contributed by atoms with Crippen LogP contribution in [0, 0.1) is 0 Å². The number of benzene rings is 2. The van der Waals surface area contributed by atoms with Crippen LogP contribution >= 0.6 is 0 Å². The number of rotatable bonds is 4. The van der Waals surface area contributed by atoms with Crippen molar-refractivity contribution in [3.63, 3.8) is 0 Å². The van der Waals surface area contributed by atoms with E-state index in [1.807, 2.05) is 24.3 Å². The Bertz CT molecular complexity index is 914. The van der Waals surface area contributed by atoms with Gasteiger partial charge in [0.05, 0.1) is 10.9 Å². The Morgan fingerprint density at radius 3 is 2.52 bits per heavy atom. The van der Waals surface area contributed by atoms with Crippen LogP contribution < -0.4 is 5.32 Å². The van der Waals surface area contributed by atoms with E-state index in [1.165, 1.54) is 16.7 Å². The van der Waals surface area contributed by atoms with Crippen LogP contribution in [-0.4, -0.2) is 15.2 Å². The molecule has 0 fully saturated rings. The van der Waals surface area contributed by atoms with Crippen LogP contribution in [0.1, 0.15) is 5.56 Å². The molecule has 4 aromatic rings. The van der Waals surface area contributed by atoms with Crippen molar-refractivity contribution in [3.05, 3.63) is 78.6 Å². The van der Waals surface area contributed by atoms with Crippen molar-refractivity contribution >= 4 is 16.7 Å². The van der Waals surface area contributed by atoms with Gasteiger partial charge < -0.3 is 5.32 Å². The lowest BCUT2D eigenvalue weighted by molar-refractivity contribution is 1.06. The third-order valence-electron chi connectivity index (χ3n) is 3.88. The fourth-order valence-electron chi connectivity index (χ4n) is 2.75. The van der Waals surface area contributed by atoms with Crippen LogP contribution in [0.2, 0.25) is 0 Å². The van der Waals surface area contributed by atoms with Crippen LogP contribution in [0.15, 0.2) is 73.1 Å². The summed E-state index contributed by atoms with van der Waals surface area (Å²) in [6.45, 7) is 0.714. The summed E-state index contributed by atoms with van der Waals surface area (Å²) in [4.78, 5) is 4.04. The Hall–Kier alpha value is -3.14. The molecule has 4 nitrogen and oxygen atoms in total. The minimum Gasteiger partial charge on any atom is -0.364 e. The van der Waals surface area contributed by atoms with E-state index in [4.69, 9.17) is 0 Å². The number of hydrogen-bond acceptors (Lipinski definition) is 3. The van der Waals surface area contributed by atoms with Crippen molar-refractivity contribution in [2.75, 3.05) is 5.32 Å². The van der Waals surface area contributed by atoms with Gasteiger partial charge in [-0.15, -0.1) is 0 Å². The molecule has 0 unspecified atom stereocenters. The number of nitrogens with zero attached hydrogens (tertiary/aromatic N) is 2. The number of aromatic amines is 1. The van der Waals surface area contributed by atoms with Crippen molar-refractivity contribution in [1.29, 1.82) is 0 Å². The first kappa shape index (κ1) is 13.5. The van der Waals surface area contributed by atoms with Crippen LogP contribution in [-0.2, 0) is 6.54 Å². The topological polar surface area (TPSA) is 53.6 Å². The van der Waals surface area contributed by atoms with Gasteiger partial charge >= 0.3 is 0 Å². The first-order chi connectivity index (χ1) is 11.4. The maximum absolute atomic E-state index is 4.44. The summed E-state index contributed by atoms with van der Waals surface area (Å²) in [6, 6.07) is 20.6. The van der Waals surface area contributed by atoms with Gasteiger partial charge in [0.15, 0.2) is 5.82 Å². The second-order valence-electron chi connectivity index (χ2n) is 5.38. The van der Waals surface area contributed by atoms with Crippen molar-refractivity contribution in [1.82, 2.24) is 15.2 Å². The smallest absolute Gasteiger partial charge is 0.156 e. The largest absolute Gasteiger partial charge is 0.364 e. The third-order valence-corrected chi connectivity index (χ3v) is 3.88. The minimum atomic E-state index is 0.714. The molecule has 0 aliphatic rings. The monoisotopic (exact) mass is 300 g/mol. The molecule has 4 heteroatoms. The molecule has 0 aliphatic carbocycles. The Labute approximate surface area is 134 Å². The lowest BCUT2D eigenvalue weighted by Gasteiger charge is -2.07. The molecule has 0 amide bonds. The number of H-pyrrole nitrogens is 1. The molecule has 0 spiro atoms. The highest BCUT2D eigenvalue weighted by atomic mass is 15.2. The van der Waals surface area contributed by atoms with Crippen molar-refractivity contribution < 1.29 is 0 Å². The van der Waals surface area contributed by atoms with Gasteiger partial charge in [0.1, 0.15) is 0 Å². The van der Waals surface area contributed by atoms with Crippen LogP contribution in [0.25, 0.3) is 22.0 Å². The molecule has 2 aromatic carbocycles. The predicted octanol–water partition coefficient (Wildman–Crippen LogP) is 4.24. The number of nitrogens with one attached hydrogen (secondary N) is 2. The molecule has 0 saturated heterocycles. The van der Waals surface area contributed by atoms with Gasteiger partial charge in [0, 0.05) is 18.9 Å². The lowest BCUT2D eigenvalue weighted by atomic mass is 10.0. The molecule has 23 heavy (non-hydrogen) atoms. The molecule has 2 N–H and O–H groups in total. The summed E-state index contributed by atoms with van der Waals surface area (Å²) in [6.07, 6.45) is 3.60. The molecule has 0 radical (unpaired) electrons. The summed E-state index contributed by atoms with van der Waals surface area (Å²) in [5, 5.41) is 12.1. The van der Waals surface area contributed by atoms with E-state index >= 15 is 0 Å². The van der Waals surface area contributed by atoms with Crippen LogP contribution in [0.3, 0.4) is 0 Å². The van der Waals surface area contributed by atoms with Gasteiger partial charge in [-0.2, -0.15) is 5.10 Å². The summed E-state index contributed by atoms with van der Waals surface area (Å²) in [5.41, 5.74) is 4.57. The van der Waals surface area contributed by atoms with E-state index in [9.17, 15) is 0 Å². The van der Waals surface area contributed by atoms with E-state index in [-0.39, 0.29) is 0 Å². The molecule has 0 bridgehead atoms. The average molecular weight is 300 g/mol. The maximum atomic E-state index is 4.44. The highest BCUT2D eigenvalue weighted by Gasteiger charge is 2.11. The first-order valence-corrected chi connectivity index (χ1v) is 7.57. The molecule has 0 saturated carbocycles. The zero-order valence-electron chi connectivity index (χ0n) is 12.5. The molecule has 112 valence electrons. The number of fused-ring (bicyclic) bond motifs is 1. The van der Waals surface area contributed by atoms with E-state index < -0.39 is 0 Å². The first-order valence-electron chi connectivity index (χ1n) is 7.57. The summed E-state index contributed by atoms with van der Waals surface area (Å²) >= 11 is 0. The number of anilines is 1. The van der Waals surface area contributed by atoms with Crippen molar-refractivity contribution in [2.24, 2.45) is 0 Å². The van der Waals surface area contributed by atoms with Gasteiger partial charge in [-0.1, -0.05) is 42.5 Å². The molecule has 4 rings (SSSR count). The lowest BCUT2D eigenvalue weighted by Crippen LogP contribution is -2.00. The highest BCUT2D eigenvalue weighted by molar-refractivity contribution is 6.02. The van der Waals surface area contributed by atoms with Gasteiger partial charge in [0.25, 0.3) is 0 Å². The van der Waals surface area contributed by atoms with E-state index in [0.29, 0.717) is 6.54 Å². The fourth-order valence-corrected chi connectivity index (χ4v) is 2.75. The SMILES string of the molecule is c1ccc(-c2cccc3[nH]nc(NCc4ccncc4)c23)cc1. The highest BCUT2D eigenvalue weighted by Crippen LogP contribution is 2.32. The standard InChI is InChI=1S/C19H16N4/c1-2-5-15(6-3-1)16-7-4-8-17-18(16)19(23-22-17)21-13-14-9-11-20-12-10-14/h1-12H,13H2,(H2,21,22,23). The molecule has 2 aromatic heterocycles. The van der Waals surface area contributed by atoms with E-state index in [0.717, 1.165) is 16.7 Å². The van der Waals surface area contributed by atoms with Gasteiger partial charge in [0.2, 0.25) is 0 Å². The zero-order chi connectivity index (χ0) is 15.5. The fraction of sp³-hybridized carbons (Fsp3) is 0.0526. The third kappa shape index (κ3) is 2.66. The van der Waals surface area contributed by atoms with Crippen molar-refractivity contribution in [3.8, 4) is 11.1 Å². The average Bonchev–Trinajstić information content (AvgIpc) is 3.05. The molecular formula is C19H16N4. The number of aromatic nitrogens is 3. The maximum Gasteiger partial charge on any atom is 0.156 e. The summed E-state index contributed by atoms with van der Waals surface area (Å²) in [5.74, 6) is 0.872. The van der Waals surface area contributed by atoms with Gasteiger partial charge in [-0.3, -0.25) is 10.1 Å². The quantitative estimate of drug-likeness (QED) is 0.593. The van der Waals surface area contributed by atoms with E-state index in [2.05, 4.69) is 56.9 Å². The second kappa shape index (κ2) is 5.93. The molecular weight excluding hydrogens is 284 g/mol. The van der Waals surface area contributed by atoms with Gasteiger partial charge in [-0.25, -0.2) is 0 Å². The van der Waals surface area contributed by atoms with Crippen molar-refractivity contribution in [2.45, 2.75) is 6.54 Å². The minimum absolute atomic E-state index is 0.714. The van der Waals surface area contributed by atoms with Gasteiger partial charge in [-0.05, 0) is 34.9 Å². The Morgan fingerprint density at radius 1 is 0.870 bits per heavy atom. The second-order valence-corrected chi connectivity index (χ2v) is 5.38. The zero-order valence-corrected chi connectivity index (χ0v) is 12.5. The Balaban J connectivity index is 1.73. The summed E-state index contributed by atoms with van der Waals surface area (Å²) < 4.78 is 0. The molecule has 2 heterocycles. The van der Waals surface area contributed by atoms with Crippen LogP contribution in [0.4, 0.5) is 5.82 Å². The normalized spacial score (nSPS) is 10.8. The molecule has 0 aliphatic heterocycles. The summed E-state index contributed by atoms with van der Waals surface area (Å²) in [7, 11) is 0. The number of hydrogen-bond donors (Lipinski definition) is 2. The van der Waals surface area contributed by atoms with Crippen LogP contribution in [0.5, 0.6) is 0 Å².